The minimum Gasteiger partial charge on any atom is -0.381 e. The van der Waals surface area contributed by atoms with Crippen LogP contribution in [0.5, 0.6) is 0 Å². The number of fused-ring (bicyclic) bond motifs is 2. The molecular weight excluding hydrogens is 240 g/mol. The van der Waals surface area contributed by atoms with Crippen LogP contribution in [-0.4, -0.2) is 31.2 Å². The Bertz CT molecular complexity index is 314. The predicted molar refractivity (Wildman–Crippen MR) is 73.5 cm³/mol. The number of hydrogen-bond donors (Lipinski definition) is 2. The molecule has 3 N–H and O–H groups in total. The fourth-order valence-corrected chi connectivity index (χ4v) is 4.27. The van der Waals surface area contributed by atoms with Gasteiger partial charge >= 0.3 is 0 Å². The van der Waals surface area contributed by atoms with Crippen LogP contribution in [0.2, 0.25) is 0 Å². The second-order valence-corrected chi connectivity index (χ2v) is 6.60. The average molecular weight is 266 g/mol. The van der Waals surface area contributed by atoms with Crippen LogP contribution >= 0.6 is 0 Å². The van der Waals surface area contributed by atoms with Crippen LogP contribution in [-0.2, 0) is 9.53 Å². The van der Waals surface area contributed by atoms with Crippen LogP contribution in [0.1, 0.15) is 44.9 Å². The Hall–Kier alpha value is -0.610. The van der Waals surface area contributed by atoms with E-state index in [1.54, 1.807) is 0 Å². The van der Waals surface area contributed by atoms with Gasteiger partial charge < -0.3 is 15.8 Å². The molecule has 2 unspecified atom stereocenters. The number of rotatable bonds is 2. The summed E-state index contributed by atoms with van der Waals surface area (Å²) in [5.41, 5.74) is 6.13. The first-order chi connectivity index (χ1) is 9.24. The molecule has 4 nitrogen and oxygen atoms in total. The van der Waals surface area contributed by atoms with Crippen LogP contribution in [0.3, 0.4) is 0 Å². The summed E-state index contributed by atoms with van der Waals surface area (Å²) in [5.74, 6) is 1.67. The minimum atomic E-state index is 0.171. The molecule has 2 atom stereocenters. The largest absolute Gasteiger partial charge is 0.381 e. The van der Waals surface area contributed by atoms with Gasteiger partial charge in [0.15, 0.2) is 0 Å². The normalized spacial score (nSPS) is 39.8. The first-order valence-corrected chi connectivity index (χ1v) is 7.87. The van der Waals surface area contributed by atoms with Crippen molar-refractivity contribution >= 4 is 5.91 Å². The molecule has 2 saturated carbocycles. The highest BCUT2D eigenvalue weighted by Gasteiger charge is 2.40. The lowest BCUT2D eigenvalue weighted by atomic mass is 9.67. The number of amides is 1. The Morgan fingerprint density at radius 1 is 1.05 bits per heavy atom. The van der Waals surface area contributed by atoms with Crippen molar-refractivity contribution in [3.8, 4) is 0 Å². The molecular formula is C15H26N2O2. The van der Waals surface area contributed by atoms with Crippen molar-refractivity contribution in [1.82, 2.24) is 5.32 Å². The summed E-state index contributed by atoms with van der Waals surface area (Å²) >= 11 is 0. The lowest BCUT2D eigenvalue weighted by Crippen LogP contribution is -2.55. The molecule has 4 heteroatoms. The molecule has 0 radical (unpaired) electrons. The molecule has 1 saturated heterocycles. The van der Waals surface area contributed by atoms with Gasteiger partial charge in [0.05, 0.1) is 0 Å². The SMILES string of the molecule is NC1CC2CCCC(C1)C2NC(=O)C1CCOCC1. The summed E-state index contributed by atoms with van der Waals surface area (Å²) in [7, 11) is 0. The van der Waals surface area contributed by atoms with Gasteiger partial charge in [0.1, 0.15) is 0 Å². The zero-order chi connectivity index (χ0) is 13.2. The van der Waals surface area contributed by atoms with Crippen molar-refractivity contribution in [2.45, 2.75) is 57.0 Å². The summed E-state index contributed by atoms with van der Waals surface area (Å²) in [6.45, 7) is 1.47. The van der Waals surface area contributed by atoms with Crippen molar-refractivity contribution in [1.29, 1.82) is 0 Å². The number of nitrogens with one attached hydrogen (secondary N) is 1. The highest BCUT2D eigenvalue weighted by molar-refractivity contribution is 5.79. The number of carbonyl (C=O) groups is 1. The number of carbonyl (C=O) groups excluding carboxylic acids is 1. The standard InChI is InChI=1S/C15H26N2O2/c16-13-8-11-2-1-3-12(9-13)14(11)17-15(18)10-4-6-19-7-5-10/h10-14H,1-9,16H2,(H,17,18). The van der Waals surface area contributed by atoms with Crippen molar-refractivity contribution < 1.29 is 9.53 Å². The number of ether oxygens (including phenoxy) is 1. The van der Waals surface area contributed by atoms with Crippen LogP contribution < -0.4 is 11.1 Å². The summed E-state index contributed by atoms with van der Waals surface area (Å²) < 4.78 is 5.33. The van der Waals surface area contributed by atoms with Crippen LogP contribution in [0.15, 0.2) is 0 Å². The van der Waals surface area contributed by atoms with Crippen molar-refractivity contribution in [3.05, 3.63) is 0 Å². The van der Waals surface area contributed by atoms with Gasteiger partial charge in [-0.05, 0) is 50.4 Å². The van der Waals surface area contributed by atoms with Gasteiger partial charge in [0.2, 0.25) is 5.91 Å². The van der Waals surface area contributed by atoms with E-state index in [0.29, 0.717) is 23.9 Å². The first kappa shape index (κ1) is 13.4. The molecule has 1 aliphatic heterocycles. The van der Waals surface area contributed by atoms with Crippen molar-refractivity contribution in [2.75, 3.05) is 13.2 Å². The second kappa shape index (κ2) is 5.80. The first-order valence-electron chi connectivity index (χ1n) is 7.87. The topological polar surface area (TPSA) is 64.3 Å². The molecule has 3 rings (SSSR count). The van der Waals surface area contributed by atoms with E-state index < -0.39 is 0 Å². The lowest BCUT2D eigenvalue weighted by Gasteiger charge is -2.45. The van der Waals surface area contributed by atoms with E-state index >= 15 is 0 Å². The summed E-state index contributed by atoms with van der Waals surface area (Å²) in [6.07, 6.45) is 7.74. The van der Waals surface area contributed by atoms with Crippen molar-refractivity contribution in [2.24, 2.45) is 23.5 Å². The third kappa shape index (κ3) is 2.95. The maximum atomic E-state index is 12.4. The van der Waals surface area contributed by atoms with E-state index in [1.165, 1.54) is 19.3 Å². The quantitative estimate of drug-likeness (QED) is 0.795. The van der Waals surface area contributed by atoms with Gasteiger partial charge in [0, 0.05) is 31.2 Å². The van der Waals surface area contributed by atoms with E-state index in [9.17, 15) is 4.79 Å². The zero-order valence-electron chi connectivity index (χ0n) is 11.6. The van der Waals surface area contributed by atoms with Gasteiger partial charge in [-0.1, -0.05) is 6.42 Å². The Morgan fingerprint density at radius 2 is 1.68 bits per heavy atom. The van der Waals surface area contributed by atoms with Gasteiger partial charge in [-0.25, -0.2) is 0 Å². The molecule has 0 aromatic carbocycles. The number of nitrogens with two attached hydrogens (primary N) is 1. The zero-order valence-corrected chi connectivity index (χ0v) is 11.6. The molecule has 2 aliphatic carbocycles. The summed E-state index contributed by atoms with van der Waals surface area (Å²) in [4.78, 5) is 12.4. The van der Waals surface area contributed by atoms with Gasteiger partial charge in [-0.3, -0.25) is 4.79 Å². The summed E-state index contributed by atoms with van der Waals surface area (Å²) in [5, 5.41) is 3.36. The van der Waals surface area contributed by atoms with Crippen molar-refractivity contribution in [3.63, 3.8) is 0 Å². The van der Waals surface area contributed by atoms with E-state index in [1.807, 2.05) is 0 Å². The Labute approximate surface area is 115 Å². The Morgan fingerprint density at radius 3 is 2.32 bits per heavy atom. The van der Waals surface area contributed by atoms with E-state index in [-0.39, 0.29) is 11.8 Å². The Balaban J connectivity index is 1.60. The minimum absolute atomic E-state index is 0.171. The fourth-order valence-electron chi connectivity index (χ4n) is 4.27. The van der Waals surface area contributed by atoms with E-state index in [4.69, 9.17) is 10.5 Å². The van der Waals surface area contributed by atoms with Gasteiger partial charge in [-0.15, -0.1) is 0 Å². The molecule has 1 heterocycles. The van der Waals surface area contributed by atoms with Crippen LogP contribution in [0.25, 0.3) is 0 Å². The third-order valence-electron chi connectivity index (χ3n) is 5.28. The maximum absolute atomic E-state index is 12.4. The molecule has 0 spiro atoms. The van der Waals surface area contributed by atoms with Crippen LogP contribution in [0.4, 0.5) is 0 Å². The van der Waals surface area contributed by atoms with Crippen LogP contribution in [0, 0.1) is 17.8 Å². The third-order valence-corrected chi connectivity index (χ3v) is 5.28. The Kier molecular flexibility index (Phi) is 4.08. The lowest BCUT2D eigenvalue weighted by molar-refractivity contribution is -0.130. The number of hydrogen-bond acceptors (Lipinski definition) is 3. The molecule has 3 aliphatic rings. The van der Waals surface area contributed by atoms with E-state index in [2.05, 4.69) is 5.32 Å². The second-order valence-electron chi connectivity index (χ2n) is 6.60. The van der Waals surface area contributed by atoms with Gasteiger partial charge in [0.25, 0.3) is 0 Å². The highest BCUT2D eigenvalue weighted by Crippen LogP contribution is 2.39. The molecule has 3 fully saturated rings. The summed E-state index contributed by atoms with van der Waals surface area (Å²) in [6, 6.07) is 0.746. The maximum Gasteiger partial charge on any atom is 0.223 e. The average Bonchev–Trinajstić information content (AvgIpc) is 2.41. The predicted octanol–water partition coefficient (Wildman–Crippen LogP) is 1.44. The highest BCUT2D eigenvalue weighted by atomic mass is 16.5. The van der Waals surface area contributed by atoms with Gasteiger partial charge in [-0.2, -0.15) is 0 Å². The molecule has 0 aromatic heterocycles. The molecule has 2 bridgehead atoms. The fraction of sp³-hybridized carbons (Fsp3) is 0.933. The molecule has 19 heavy (non-hydrogen) atoms. The van der Waals surface area contributed by atoms with E-state index in [0.717, 1.165) is 38.9 Å². The smallest absolute Gasteiger partial charge is 0.223 e. The molecule has 1 amide bonds. The monoisotopic (exact) mass is 266 g/mol. The molecule has 0 aromatic rings. The molecule has 108 valence electrons.